The Hall–Kier alpha value is -3.74. The number of aromatic nitrogens is 4. The highest BCUT2D eigenvalue weighted by Crippen LogP contribution is 2.50. The molecule has 9 heteroatoms. The molecule has 1 spiro atoms. The Kier molecular flexibility index (Phi) is 6.01. The quantitative estimate of drug-likeness (QED) is 0.499. The first-order valence-corrected chi connectivity index (χ1v) is 11.3. The molecule has 3 aromatic rings. The summed E-state index contributed by atoms with van der Waals surface area (Å²) in [6, 6.07) is 8.57. The molecule has 0 saturated carbocycles. The maximum absolute atomic E-state index is 9.94. The van der Waals surface area contributed by atoms with Gasteiger partial charge in [0.15, 0.2) is 11.6 Å². The summed E-state index contributed by atoms with van der Waals surface area (Å²) < 4.78 is 5.47. The molecule has 2 aliphatic rings. The summed E-state index contributed by atoms with van der Waals surface area (Å²) in [4.78, 5) is 19.0. The van der Waals surface area contributed by atoms with Gasteiger partial charge in [-0.2, -0.15) is 0 Å². The molecule has 34 heavy (non-hydrogen) atoms. The van der Waals surface area contributed by atoms with Crippen LogP contribution in [-0.4, -0.2) is 44.7 Å². The number of ether oxygens (including phenoxy) is 1. The zero-order valence-electron chi connectivity index (χ0n) is 18.8. The fourth-order valence-corrected chi connectivity index (χ4v) is 4.97. The van der Waals surface area contributed by atoms with Crippen molar-refractivity contribution in [3.63, 3.8) is 0 Å². The lowest BCUT2D eigenvalue weighted by Gasteiger charge is -2.42. The van der Waals surface area contributed by atoms with Gasteiger partial charge < -0.3 is 26.2 Å². The predicted molar refractivity (Wildman–Crippen MR) is 128 cm³/mol. The number of hydrogen-bond acceptors (Lipinski definition) is 9. The van der Waals surface area contributed by atoms with Crippen molar-refractivity contribution in [2.24, 2.45) is 11.1 Å². The number of aliphatic hydroxyl groups excluding tert-OH is 1. The minimum atomic E-state index is -0.205. The van der Waals surface area contributed by atoms with Gasteiger partial charge in [0, 0.05) is 19.1 Å². The van der Waals surface area contributed by atoms with Crippen LogP contribution in [0.1, 0.15) is 41.4 Å². The maximum Gasteiger partial charge on any atom is 0.220 e. The number of nitrogens with two attached hydrogens (primary N) is 2. The Balaban J connectivity index is 1.23. The van der Waals surface area contributed by atoms with E-state index in [1.807, 2.05) is 0 Å². The molecule has 2 aromatic heterocycles. The van der Waals surface area contributed by atoms with E-state index in [2.05, 4.69) is 60.9 Å². The van der Waals surface area contributed by atoms with E-state index in [1.165, 1.54) is 23.5 Å². The zero-order valence-corrected chi connectivity index (χ0v) is 18.8. The highest BCUT2D eigenvalue weighted by Gasteiger charge is 2.46. The van der Waals surface area contributed by atoms with Crippen LogP contribution < -0.4 is 21.1 Å². The average Bonchev–Trinajstić information content (AvgIpc) is 3.14. The fourth-order valence-electron chi connectivity index (χ4n) is 4.97. The minimum absolute atomic E-state index is 0.0638. The van der Waals surface area contributed by atoms with E-state index in [9.17, 15) is 5.11 Å². The number of benzene rings is 1. The fraction of sp³-hybridized carbons (Fsp3) is 0.360. The SMILES string of the molecule is Nc1ncc(OCC#Cc2cnc(N3CCC4(CC3)Cc3ccccc3[C@H]4N)c(CO)n2)cn1. The van der Waals surface area contributed by atoms with Crippen molar-refractivity contribution < 1.29 is 9.84 Å². The average molecular weight is 458 g/mol. The summed E-state index contributed by atoms with van der Waals surface area (Å²) >= 11 is 0. The van der Waals surface area contributed by atoms with Gasteiger partial charge in [0.25, 0.3) is 0 Å². The van der Waals surface area contributed by atoms with Crippen LogP contribution >= 0.6 is 0 Å². The van der Waals surface area contributed by atoms with Crippen LogP contribution in [0.4, 0.5) is 11.8 Å². The van der Waals surface area contributed by atoms with E-state index in [0.29, 0.717) is 23.0 Å². The number of nitrogen functional groups attached to an aromatic ring is 1. The van der Waals surface area contributed by atoms with Crippen molar-refractivity contribution in [3.05, 3.63) is 65.4 Å². The number of anilines is 2. The van der Waals surface area contributed by atoms with Crippen LogP contribution in [0, 0.1) is 17.3 Å². The van der Waals surface area contributed by atoms with Gasteiger partial charge in [-0.15, -0.1) is 0 Å². The predicted octanol–water partition coefficient (Wildman–Crippen LogP) is 1.61. The van der Waals surface area contributed by atoms with Crippen molar-refractivity contribution in [2.45, 2.75) is 31.9 Å². The van der Waals surface area contributed by atoms with Crippen LogP contribution in [-0.2, 0) is 13.0 Å². The Bertz CT molecular complexity index is 1230. The smallest absolute Gasteiger partial charge is 0.220 e. The van der Waals surface area contributed by atoms with E-state index in [-0.39, 0.29) is 30.6 Å². The standard InChI is InChI=1S/C25H27N7O2/c26-22-20-6-2-1-4-17(20)12-25(22)7-9-32(10-8-25)23-21(16-33)31-18(13-28-23)5-3-11-34-19-14-29-24(27)30-15-19/h1-2,4,6,13-15,22,33H,7-12,16,26H2,(H2,27,29,30)/t22-/m1/s1. The minimum Gasteiger partial charge on any atom is -0.478 e. The number of rotatable bonds is 4. The van der Waals surface area contributed by atoms with E-state index >= 15 is 0 Å². The lowest BCUT2D eigenvalue weighted by molar-refractivity contribution is 0.186. The normalized spacial score (nSPS) is 18.3. The summed E-state index contributed by atoms with van der Waals surface area (Å²) in [6.07, 6.45) is 7.59. The zero-order chi connectivity index (χ0) is 23.5. The van der Waals surface area contributed by atoms with Gasteiger partial charge in [0.2, 0.25) is 5.95 Å². The lowest BCUT2D eigenvalue weighted by atomic mass is 9.73. The van der Waals surface area contributed by atoms with Crippen molar-refractivity contribution in [1.29, 1.82) is 0 Å². The van der Waals surface area contributed by atoms with Crippen LogP contribution in [0.3, 0.4) is 0 Å². The molecule has 0 radical (unpaired) electrons. The molecule has 5 rings (SSSR count). The van der Waals surface area contributed by atoms with Gasteiger partial charge in [-0.1, -0.05) is 30.2 Å². The highest BCUT2D eigenvalue weighted by molar-refractivity contribution is 5.47. The molecule has 174 valence electrons. The molecule has 1 aromatic carbocycles. The topological polar surface area (TPSA) is 136 Å². The summed E-state index contributed by atoms with van der Waals surface area (Å²) in [7, 11) is 0. The number of hydrogen-bond donors (Lipinski definition) is 3. The Morgan fingerprint density at radius 2 is 1.88 bits per heavy atom. The number of aliphatic hydroxyl groups is 1. The van der Waals surface area contributed by atoms with Crippen molar-refractivity contribution >= 4 is 11.8 Å². The molecule has 1 aliphatic heterocycles. The molecule has 5 N–H and O–H groups in total. The largest absolute Gasteiger partial charge is 0.478 e. The summed E-state index contributed by atoms with van der Waals surface area (Å²) in [5, 5.41) is 9.94. The monoisotopic (exact) mass is 457 g/mol. The first-order chi connectivity index (χ1) is 16.6. The molecule has 0 unspecified atom stereocenters. The number of piperidine rings is 1. The first-order valence-electron chi connectivity index (χ1n) is 11.3. The second kappa shape index (κ2) is 9.25. The van der Waals surface area contributed by atoms with Gasteiger partial charge in [-0.3, -0.25) is 0 Å². The molecule has 3 heterocycles. The summed E-state index contributed by atoms with van der Waals surface area (Å²) in [6.45, 7) is 1.59. The molecule has 9 nitrogen and oxygen atoms in total. The summed E-state index contributed by atoms with van der Waals surface area (Å²) in [5.41, 5.74) is 15.9. The molecule has 1 saturated heterocycles. The molecule has 0 bridgehead atoms. The molecule has 1 fully saturated rings. The van der Waals surface area contributed by atoms with Gasteiger partial charge in [-0.25, -0.2) is 19.9 Å². The molecular formula is C25H27N7O2. The van der Waals surface area contributed by atoms with Crippen molar-refractivity contribution in [2.75, 3.05) is 30.3 Å². The second-order valence-electron chi connectivity index (χ2n) is 8.75. The van der Waals surface area contributed by atoms with Crippen molar-refractivity contribution in [1.82, 2.24) is 19.9 Å². The van der Waals surface area contributed by atoms with Crippen LogP contribution in [0.5, 0.6) is 5.75 Å². The second-order valence-corrected chi connectivity index (χ2v) is 8.75. The number of nitrogens with zero attached hydrogens (tertiary/aromatic N) is 5. The van der Waals surface area contributed by atoms with Gasteiger partial charge in [0.05, 0.1) is 25.2 Å². The highest BCUT2D eigenvalue weighted by atomic mass is 16.5. The van der Waals surface area contributed by atoms with Gasteiger partial charge in [0.1, 0.15) is 18.0 Å². The van der Waals surface area contributed by atoms with Crippen LogP contribution in [0.15, 0.2) is 42.9 Å². The summed E-state index contributed by atoms with van der Waals surface area (Å²) in [5.74, 6) is 7.19. The molecule has 0 amide bonds. The van der Waals surface area contributed by atoms with E-state index < -0.39 is 0 Å². The third-order valence-corrected chi connectivity index (χ3v) is 6.80. The first kappa shape index (κ1) is 22.1. The third kappa shape index (κ3) is 4.25. The van der Waals surface area contributed by atoms with Crippen LogP contribution in [0.25, 0.3) is 0 Å². The van der Waals surface area contributed by atoms with E-state index in [4.69, 9.17) is 16.2 Å². The third-order valence-electron chi connectivity index (χ3n) is 6.80. The van der Waals surface area contributed by atoms with E-state index in [1.54, 1.807) is 6.20 Å². The van der Waals surface area contributed by atoms with E-state index in [0.717, 1.165) is 32.4 Å². The molecule has 1 atom stereocenters. The van der Waals surface area contributed by atoms with Crippen molar-refractivity contribution in [3.8, 4) is 17.6 Å². The van der Waals surface area contributed by atoms with Crippen LogP contribution in [0.2, 0.25) is 0 Å². The van der Waals surface area contributed by atoms with Gasteiger partial charge in [-0.05, 0) is 41.7 Å². The number of fused-ring (bicyclic) bond motifs is 1. The Morgan fingerprint density at radius 1 is 1.12 bits per heavy atom. The van der Waals surface area contributed by atoms with Gasteiger partial charge >= 0.3 is 0 Å². The lowest BCUT2D eigenvalue weighted by Crippen LogP contribution is -2.45. The Labute approximate surface area is 198 Å². The molecule has 1 aliphatic carbocycles. The maximum atomic E-state index is 9.94. The Morgan fingerprint density at radius 3 is 2.62 bits per heavy atom. The molecular weight excluding hydrogens is 430 g/mol.